The third-order valence-electron chi connectivity index (χ3n) is 5.64. The smallest absolute Gasteiger partial charge is 0.316 e. The molecule has 1 rings (SSSR count). The predicted octanol–water partition coefficient (Wildman–Crippen LogP) is 2.39. The number of ketones is 1. The molecule has 0 radical (unpaired) electrons. The first-order chi connectivity index (χ1) is 15.3. The monoisotopic (exact) mass is 475 g/mol. The second-order valence-corrected chi connectivity index (χ2v) is 10.1. The average Bonchev–Trinajstić information content (AvgIpc) is 3.09. The van der Waals surface area contributed by atoms with Gasteiger partial charge in [0.1, 0.15) is 38.0 Å². The maximum atomic E-state index is 12.8. The molecule has 1 aliphatic rings. The molecule has 0 bridgehead atoms. The van der Waals surface area contributed by atoms with Crippen molar-refractivity contribution in [1.82, 2.24) is 4.90 Å². The quantitative estimate of drug-likeness (QED) is 0.114. The standard InChI is InChI=1S/C23H42N2O6S/c1-2-3-4-5-6-7-8-9-10-11-12-13-14-22(28)23-24(17-18-26)15-16-25(23)19-21(27)20-32(29,30)31/h12-13,21,26-27H,2-11,14-20H2,1H3/p+1/b13-12+. The van der Waals surface area contributed by atoms with Crippen molar-refractivity contribution in [2.45, 2.75) is 83.7 Å². The number of amidine groups is 1. The minimum absolute atomic E-state index is 0.0645. The molecule has 1 aliphatic heterocycles. The van der Waals surface area contributed by atoms with E-state index < -0.39 is 22.0 Å². The fourth-order valence-electron chi connectivity index (χ4n) is 4.04. The van der Waals surface area contributed by atoms with Crippen LogP contribution in [0.5, 0.6) is 0 Å². The molecule has 0 amide bonds. The summed E-state index contributed by atoms with van der Waals surface area (Å²) in [6.45, 7) is 3.33. The molecule has 32 heavy (non-hydrogen) atoms. The lowest BCUT2D eigenvalue weighted by molar-refractivity contribution is -0.525. The van der Waals surface area contributed by atoms with Crippen LogP contribution in [0, 0.1) is 0 Å². The highest BCUT2D eigenvalue weighted by atomic mass is 32.2. The SMILES string of the molecule is CCCCCCCCCCC/C=C/CC(=O)C1=[N+](CC(O)CS(=O)(=O)O)CCN1CCO. The van der Waals surface area contributed by atoms with Gasteiger partial charge >= 0.3 is 5.84 Å². The Bertz CT molecular complexity index is 705. The van der Waals surface area contributed by atoms with E-state index >= 15 is 0 Å². The average molecular weight is 476 g/mol. The molecule has 9 heteroatoms. The number of carbonyl (C=O) groups excluding carboxylic acids is 1. The van der Waals surface area contributed by atoms with Crippen molar-refractivity contribution in [3.05, 3.63) is 12.2 Å². The Morgan fingerprint density at radius 1 is 1.09 bits per heavy atom. The summed E-state index contributed by atoms with van der Waals surface area (Å²) in [5.41, 5.74) is 0. The van der Waals surface area contributed by atoms with Crippen LogP contribution in [0.2, 0.25) is 0 Å². The lowest BCUT2D eigenvalue weighted by Gasteiger charge is -2.12. The van der Waals surface area contributed by atoms with Crippen LogP contribution in [0.3, 0.4) is 0 Å². The van der Waals surface area contributed by atoms with Crippen LogP contribution in [-0.2, 0) is 14.9 Å². The van der Waals surface area contributed by atoms with Crippen LogP contribution >= 0.6 is 0 Å². The molecule has 8 nitrogen and oxygen atoms in total. The molecule has 1 unspecified atom stereocenters. The molecule has 1 atom stereocenters. The summed E-state index contributed by atoms with van der Waals surface area (Å²) in [4.78, 5) is 14.5. The molecule has 186 valence electrons. The van der Waals surface area contributed by atoms with Crippen LogP contribution in [0.15, 0.2) is 12.2 Å². The van der Waals surface area contributed by atoms with Crippen LogP contribution < -0.4 is 0 Å². The van der Waals surface area contributed by atoms with Crippen molar-refractivity contribution >= 4 is 21.7 Å². The fourth-order valence-corrected chi connectivity index (χ4v) is 4.64. The zero-order valence-corrected chi connectivity index (χ0v) is 20.4. The highest BCUT2D eigenvalue weighted by molar-refractivity contribution is 7.85. The van der Waals surface area contributed by atoms with Crippen molar-refractivity contribution in [1.29, 1.82) is 0 Å². The van der Waals surface area contributed by atoms with Crippen molar-refractivity contribution in [2.75, 3.05) is 38.5 Å². The van der Waals surface area contributed by atoms with Crippen LogP contribution in [0.1, 0.15) is 77.6 Å². The lowest BCUT2D eigenvalue weighted by atomic mass is 10.1. The number of allylic oxidation sites excluding steroid dienone is 2. The highest BCUT2D eigenvalue weighted by Crippen LogP contribution is 2.11. The molecule has 0 spiro atoms. The lowest BCUT2D eigenvalue weighted by Crippen LogP contribution is -2.40. The van der Waals surface area contributed by atoms with Gasteiger partial charge in [0.25, 0.3) is 10.1 Å². The van der Waals surface area contributed by atoms with Gasteiger partial charge in [0.05, 0.1) is 6.61 Å². The second kappa shape index (κ2) is 16.3. The van der Waals surface area contributed by atoms with Crippen LogP contribution in [0.4, 0.5) is 0 Å². The molecule has 0 aromatic carbocycles. The van der Waals surface area contributed by atoms with E-state index in [0.29, 0.717) is 25.5 Å². The van der Waals surface area contributed by atoms with Gasteiger partial charge in [-0.15, -0.1) is 0 Å². The predicted molar refractivity (Wildman–Crippen MR) is 127 cm³/mol. The van der Waals surface area contributed by atoms with Gasteiger partial charge in [0.2, 0.25) is 5.78 Å². The summed E-state index contributed by atoms with van der Waals surface area (Å²) < 4.78 is 32.5. The third kappa shape index (κ3) is 12.7. The fraction of sp³-hybridized carbons (Fsp3) is 0.826. The van der Waals surface area contributed by atoms with Crippen molar-refractivity contribution in [3.8, 4) is 0 Å². The van der Waals surface area contributed by atoms with Crippen molar-refractivity contribution < 1.29 is 32.6 Å². The van der Waals surface area contributed by atoms with E-state index in [0.717, 1.165) is 12.8 Å². The molecule has 0 fully saturated rings. The van der Waals surface area contributed by atoms with Crippen LogP contribution in [0.25, 0.3) is 0 Å². The molecule has 0 saturated heterocycles. The second-order valence-electron chi connectivity index (χ2n) is 8.60. The Kier molecular flexibility index (Phi) is 14.7. The highest BCUT2D eigenvalue weighted by Gasteiger charge is 2.36. The number of Topliss-reactive ketones (excluding diaryl/α,β-unsaturated/α-hetero) is 1. The van der Waals surface area contributed by atoms with E-state index in [1.165, 1.54) is 51.4 Å². The molecule has 1 heterocycles. The van der Waals surface area contributed by atoms with Gasteiger partial charge in [-0.3, -0.25) is 18.8 Å². The van der Waals surface area contributed by atoms with E-state index in [-0.39, 0.29) is 25.4 Å². The van der Waals surface area contributed by atoms with Gasteiger partial charge in [-0.25, -0.2) is 0 Å². The number of carbonyl (C=O) groups is 1. The number of aliphatic hydroxyl groups is 2. The number of aliphatic hydroxyl groups excluding tert-OH is 2. The first kappa shape index (κ1) is 28.7. The van der Waals surface area contributed by atoms with E-state index in [9.17, 15) is 23.4 Å². The van der Waals surface area contributed by atoms with Gasteiger partial charge < -0.3 is 10.2 Å². The zero-order valence-electron chi connectivity index (χ0n) is 19.6. The molecular formula is C23H43N2O6S+. The Morgan fingerprint density at radius 3 is 2.31 bits per heavy atom. The molecule has 0 aromatic rings. The summed E-state index contributed by atoms with van der Waals surface area (Å²) in [5.74, 6) is -0.511. The normalized spacial score (nSPS) is 15.8. The van der Waals surface area contributed by atoms with E-state index in [2.05, 4.69) is 6.92 Å². The molecule has 0 aliphatic carbocycles. The topological polar surface area (TPSA) is 118 Å². The zero-order chi connectivity index (χ0) is 23.8. The number of rotatable bonds is 19. The number of hydrogen-bond donors (Lipinski definition) is 3. The maximum Gasteiger partial charge on any atom is 0.316 e. The number of unbranched alkanes of at least 4 members (excludes halogenated alkanes) is 9. The molecule has 0 aromatic heterocycles. The van der Waals surface area contributed by atoms with Crippen LogP contribution in [-0.4, -0.2) is 88.9 Å². The summed E-state index contributed by atoms with van der Waals surface area (Å²) in [6, 6.07) is 0. The van der Waals surface area contributed by atoms with Gasteiger partial charge in [0.15, 0.2) is 0 Å². The molecular weight excluding hydrogens is 432 g/mol. The Labute approximate surface area is 193 Å². The Morgan fingerprint density at radius 2 is 1.72 bits per heavy atom. The number of hydrogen-bond acceptors (Lipinski definition) is 6. The van der Waals surface area contributed by atoms with Gasteiger partial charge in [0, 0.05) is 6.42 Å². The summed E-state index contributed by atoms with van der Waals surface area (Å²) in [7, 11) is -4.30. The molecule has 3 N–H and O–H groups in total. The summed E-state index contributed by atoms with van der Waals surface area (Å²) >= 11 is 0. The van der Waals surface area contributed by atoms with E-state index in [1.54, 1.807) is 9.48 Å². The van der Waals surface area contributed by atoms with Gasteiger partial charge in [-0.05, 0) is 12.8 Å². The van der Waals surface area contributed by atoms with E-state index in [1.807, 2.05) is 12.2 Å². The molecule has 0 saturated carbocycles. The Balaban J connectivity index is 2.43. The minimum Gasteiger partial charge on any atom is -0.392 e. The van der Waals surface area contributed by atoms with E-state index in [4.69, 9.17) is 4.55 Å². The number of β-amino-alcohol motifs (C(OH)–C–C–N with tert-alkyl or cyclic N) is 2. The van der Waals surface area contributed by atoms with Crippen molar-refractivity contribution in [2.24, 2.45) is 0 Å². The summed E-state index contributed by atoms with van der Waals surface area (Å²) in [6.07, 6.45) is 15.2. The first-order valence-corrected chi connectivity index (χ1v) is 13.7. The number of nitrogens with zero attached hydrogens (tertiary/aromatic N) is 2. The van der Waals surface area contributed by atoms with Gasteiger partial charge in [-0.1, -0.05) is 70.4 Å². The summed E-state index contributed by atoms with van der Waals surface area (Å²) in [5, 5.41) is 19.2. The third-order valence-corrected chi connectivity index (χ3v) is 6.44. The first-order valence-electron chi connectivity index (χ1n) is 12.1. The Hall–Kier alpha value is -1.29. The minimum atomic E-state index is -4.30. The van der Waals surface area contributed by atoms with Gasteiger partial charge in [-0.2, -0.15) is 8.42 Å². The maximum absolute atomic E-state index is 12.8. The largest absolute Gasteiger partial charge is 0.392 e. The van der Waals surface area contributed by atoms with Crippen molar-refractivity contribution in [3.63, 3.8) is 0 Å².